The maximum atomic E-state index is 12.1. The lowest BCUT2D eigenvalue weighted by Gasteiger charge is -2.01. The first-order valence-electron chi connectivity index (χ1n) is 6.41. The number of aliphatic imine (C=N–C) groups is 1. The molecule has 0 fully saturated rings. The zero-order valence-corrected chi connectivity index (χ0v) is 13.6. The molecule has 0 atom stereocenters. The minimum atomic E-state index is -0.490. The minimum absolute atomic E-state index is 0.0678. The van der Waals surface area contributed by atoms with Gasteiger partial charge in [0.15, 0.2) is 0 Å². The molecule has 3 rings (SSSR count). The molecule has 0 saturated carbocycles. The highest BCUT2D eigenvalue weighted by Crippen LogP contribution is 2.29. The van der Waals surface area contributed by atoms with Crippen molar-refractivity contribution in [2.75, 3.05) is 5.32 Å². The van der Waals surface area contributed by atoms with Crippen molar-refractivity contribution in [2.45, 2.75) is 6.92 Å². The van der Waals surface area contributed by atoms with E-state index in [2.05, 4.69) is 32.9 Å². The number of halogens is 1. The second kappa shape index (κ2) is 5.48. The van der Waals surface area contributed by atoms with Crippen LogP contribution in [0.5, 0.6) is 0 Å². The van der Waals surface area contributed by atoms with E-state index in [0.29, 0.717) is 16.9 Å². The Morgan fingerprint density at radius 3 is 2.68 bits per heavy atom. The molecule has 0 saturated heterocycles. The Kier molecular flexibility index (Phi) is 3.65. The first kappa shape index (κ1) is 14.6. The maximum Gasteiger partial charge on any atom is 0.275 e. The second-order valence-electron chi connectivity index (χ2n) is 4.84. The number of anilines is 1. The number of carbonyl (C=O) groups is 1. The highest BCUT2D eigenvalue weighted by molar-refractivity contribution is 14.1. The lowest BCUT2D eigenvalue weighted by molar-refractivity contribution is -0.384. The predicted molar refractivity (Wildman–Crippen MR) is 91.8 cm³/mol. The van der Waals surface area contributed by atoms with Crippen molar-refractivity contribution in [3.8, 4) is 0 Å². The van der Waals surface area contributed by atoms with Crippen molar-refractivity contribution >= 4 is 51.3 Å². The Labute approximate surface area is 139 Å². The van der Waals surface area contributed by atoms with Gasteiger partial charge in [-0.3, -0.25) is 14.9 Å². The summed E-state index contributed by atoms with van der Waals surface area (Å²) < 4.78 is 1.11. The molecule has 110 valence electrons. The van der Waals surface area contributed by atoms with Crippen LogP contribution in [-0.4, -0.2) is 16.5 Å². The normalized spacial score (nSPS) is 14.8. The molecule has 0 bridgehead atoms. The van der Waals surface area contributed by atoms with Crippen LogP contribution in [0, 0.1) is 20.6 Å². The standard InChI is InChI=1S/C15H10IN3O3/c1-8-6-9(2-4-12(8)16)17-14-11-7-10(19(21)22)3-5-13(11)18-15(14)20/h2-7H,1H3,(H,17,18,20). The molecule has 0 radical (unpaired) electrons. The molecule has 0 aliphatic carbocycles. The number of nitro benzene ring substituents is 1. The number of hydrogen-bond acceptors (Lipinski definition) is 4. The maximum absolute atomic E-state index is 12.1. The third kappa shape index (κ3) is 2.59. The molecule has 0 aromatic heterocycles. The van der Waals surface area contributed by atoms with Gasteiger partial charge in [0.05, 0.1) is 16.3 Å². The summed E-state index contributed by atoms with van der Waals surface area (Å²) in [4.78, 5) is 26.8. The predicted octanol–water partition coefficient (Wildman–Crippen LogP) is 3.58. The molecule has 0 spiro atoms. The van der Waals surface area contributed by atoms with Crippen LogP contribution in [0.1, 0.15) is 11.1 Å². The smallest absolute Gasteiger partial charge is 0.275 e. The van der Waals surface area contributed by atoms with Gasteiger partial charge in [-0.2, -0.15) is 0 Å². The first-order chi connectivity index (χ1) is 10.5. The topological polar surface area (TPSA) is 84.6 Å². The van der Waals surface area contributed by atoms with Crippen molar-refractivity contribution in [1.29, 1.82) is 0 Å². The molecule has 7 heteroatoms. The highest BCUT2D eigenvalue weighted by Gasteiger charge is 2.28. The zero-order valence-electron chi connectivity index (χ0n) is 11.5. The molecule has 6 nitrogen and oxygen atoms in total. The van der Waals surface area contributed by atoms with Crippen molar-refractivity contribution in [3.05, 3.63) is 61.2 Å². The number of benzene rings is 2. The van der Waals surface area contributed by atoms with Crippen LogP contribution in [-0.2, 0) is 4.79 Å². The van der Waals surface area contributed by atoms with E-state index in [1.807, 2.05) is 25.1 Å². The number of non-ortho nitro benzene ring substituents is 1. The third-order valence-electron chi connectivity index (χ3n) is 3.31. The Balaban J connectivity index is 2.10. The fourth-order valence-electron chi connectivity index (χ4n) is 2.19. The third-order valence-corrected chi connectivity index (χ3v) is 4.53. The summed E-state index contributed by atoms with van der Waals surface area (Å²) in [6.45, 7) is 1.96. The number of aryl methyl sites for hydroxylation is 1. The Morgan fingerprint density at radius 1 is 1.23 bits per heavy atom. The van der Waals surface area contributed by atoms with Gasteiger partial charge in [0.25, 0.3) is 11.6 Å². The highest BCUT2D eigenvalue weighted by atomic mass is 127. The van der Waals surface area contributed by atoms with Gasteiger partial charge in [-0.15, -0.1) is 0 Å². The molecule has 1 heterocycles. The SMILES string of the molecule is Cc1cc(N=C2C(=O)Nc3ccc([N+](=O)[O-])cc32)ccc1I. The van der Waals surface area contributed by atoms with Crippen molar-refractivity contribution < 1.29 is 9.72 Å². The molecule has 1 N–H and O–H groups in total. The summed E-state index contributed by atoms with van der Waals surface area (Å²) in [5, 5.41) is 13.6. The first-order valence-corrected chi connectivity index (χ1v) is 7.48. The molecule has 2 aromatic rings. The van der Waals surface area contributed by atoms with Gasteiger partial charge in [0.1, 0.15) is 5.71 Å². The number of hydrogen-bond donors (Lipinski definition) is 1. The molecule has 1 amide bonds. The molecule has 0 unspecified atom stereocenters. The largest absolute Gasteiger partial charge is 0.320 e. The van der Waals surface area contributed by atoms with Crippen molar-refractivity contribution in [2.24, 2.45) is 4.99 Å². The molecular weight excluding hydrogens is 397 g/mol. The molecule has 22 heavy (non-hydrogen) atoms. The summed E-state index contributed by atoms with van der Waals surface area (Å²) in [5.74, 6) is -0.355. The Hall–Kier alpha value is -2.29. The summed E-state index contributed by atoms with van der Waals surface area (Å²) in [5.41, 5.74) is 2.82. The van der Waals surface area contributed by atoms with E-state index in [9.17, 15) is 14.9 Å². The van der Waals surface area contributed by atoms with E-state index in [0.717, 1.165) is 9.13 Å². The van der Waals surface area contributed by atoms with Crippen LogP contribution >= 0.6 is 22.6 Å². The Morgan fingerprint density at radius 2 is 2.00 bits per heavy atom. The van der Waals surface area contributed by atoms with Crippen LogP contribution in [0.3, 0.4) is 0 Å². The summed E-state index contributed by atoms with van der Waals surface area (Å²) in [7, 11) is 0. The molecule has 1 aliphatic heterocycles. The second-order valence-corrected chi connectivity index (χ2v) is 6.00. The fourth-order valence-corrected chi connectivity index (χ4v) is 2.53. The van der Waals surface area contributed by atoms with Crippen LogP contribution in [0.4, 0.5) is 17.1 Å². The van der Waals surface area contributed by atoms with Gasteiger partial charge in [-0.05, 0) is 59.3 Å². The zero-order chi connectivity index (χ0) is 15.9. The lowest BCUT2D eigenvalue weighted by atomic mass is 10.1. The van der Waals surface area contributed by atoms with E-state index in [4.69, 9.17) is 0 Å². The van der Waals surface area contributed by atoms with Gasteiger partial charge >= 0.3 is 0 Å². The van der Waals surface area contributed by atoms with E-state index in [1.165, 1.54) is 18.2 Å². The van der Waals surface area contributed by atoms with Gasteiger partial charge in [0.2, 0.25) is 0 Å². The fraction of sp³-hybridized carbons (Fsp3) is 0.0667. The average molecular weight is 407 g/mol. The number of carbonyl (C=O) groups excluding carboxylic acids is 1. The van der Waals surface area contributed by atoms with Gasteiger partial charge in [-0.25, -0.2) is 4.99 Å². The van der Waals surface area contributed by atoms with Crippen molar-refractivity contribution in [1.82, 2.24) is 0 Å². The van der Waals surface area contributed by atoms with E-state index < -0.39 is 4.92 Å². The van der Waals surface area contributed by atoms with Crippen LogP contribution < -0.4 is 5.32 Å². The van der Waals surface area contributed by atoms with Gasteiger partial charge < -0.3 is 5.32 Å². The molecule has 2 aromatic carbocycles. The van der Waals surface area contributed by atoms with Crippen LogP contribution in [0.25, 0.3) is 0 Å². The minimum Gasteiger partial charge on any atom is -0.320 e. The van der Waals surface area contributed by atoms with E-state index in [1.54, 1.807) is 0 Å². The van der Waals surface area contributed by atoms with E-state index >= 15 is 0 Å². The number of nitrogens with one attached hydrogen (secondary N) is 1. The Bertz CT molecular complexity index is 846. The monoisotopic (exact) mass is 407 g/mol. The van der Waals surface area contributed by atoms with Gasteiger partial charge in [0, 0.05) is 21.3 Å². The summed E-state index contributed by atoms with van der Waals surface area (Å²) >= 11 is 2.22. The van der Waals surface area contributed by atoms with Gasteiger partial charge in [-0.1, -0.05) is 0 Å². The number of nitro groups is 1. The number of nitrogens with zero attached hydrogens (tertiary/aromatic N) is 2. The quantitative estimate of drug-likeness (QED) is 0.469. The average Bonchev–Trinajstić information content (AvgIpc) is 2.78. The number of rotatable bonds is 2. The molecule has 1 aliphatic rings. The van der Waals surface area contributed by atoms with Crippen LogP contribution in [0.2, 0.25) is 0 Å². The van der Waals surface area contributed by atoms with E-state index in [-0.39, 0.29) is 17.3 Å². The summed E-state index contributed by atoms with van der Waals surface area (Å²) in [6, 6.07) is 9.84. The van der Waals surface area contributed by atoms with Crippen molar-refractivity contribution in [3.63, 3.8) is 0 Å². The van der Waals surface area contributed by atoms with Crippen LogP contribution in [0.15, 0.2) is 41.4 Å². The number of amides is 1. The summed E-state index contributed by atoms with van der Waals surface area (Å²) in [6.07, 6.45) is 0. The lowest BCUT2D eigenvalue weighted by Crippen LogP contribution is -2.13. The number of fused-ring (bicyclic) bond motifs is 1. The molecular formula is C15H10IN3O3.